The van der Waals surface area contributed by atoms with Crippen molar-refractivity contribution in [2.75, 3.05) is 11.9 Å². The Morgan fingerprint density at radius 1 is 1.06 bits per heavy atom. The van der Waals surface area contributed by atoms with Gasteiger partial charge < -0.3 is 19.8 Å². The van der Waals surface area contributed by atoms with Crippen LogP contribution in [0.1, 0.15) is 16.9 Å². The summed E-state index contributed by atoms with van der Waals surface area (Å²) in [4.78, 5) is 35.8. The fourth-order valence-corrected chi connectivity index (χ4v) is 2.92. The lowest BCUT2D eigenvalue weighted by Crippen LogP contribution is -2.37. The van der Waals surface area contributed by atoms with E-state index in [0.717, 1.165) is 18.3 Å². The normalized spacial score (nSPS) is 11.2. The Bertz CT molecular complexity index is 1260. The minimum Gasteiger partial charge on any atom is -0.483 e. The number of benzene rings is 2. The van der Waals surface area contributed by atoms with E-state index in [1.54, 1.807) is 12.1 Å². The van der Waals surface area contributed by atoms with Gasteiger partial charge in [0.05, 0.1) is 24.6 Å². The number of anilines is 1. The first-order chi connectivity index (χ1) is 17.1. The molecule has 9 nitrogen and oxygen atoms in total. The molecule has 0 saturated carbocycles. The summed E-state index contributed by atoms with van der Waals surface area (Å²) in [6.07, 6.45) is -1.99. The van der Waals surface area contributed by atoms with Gasteiger partial charge in [-0.2, -0.15) is 18.3 Å². The molecular weight excluding hydrogens is 505 g/mol. The first-order valence-electron chi connectivity index (χ1n) is 10.1. The average Bonchev–Trinajstić information content (AvgIpc) is 3.35. The van der Waals surface area contributed by atoms with Gasteiger partial charge >= 0.3 is 18.0 Å². The van der Waals surface area contributed by atoms with Crippen molar-refractivity contribution in [3.63, 3.8) is 0 Å². The molecule has 0 radical (unpaired) electrons. The topological polar surface area (TPSA) is 122 Å². The van der Waals surface area contributed by atoms with E-state index in [-0.39, 0.29) is 23.5 Å². The maximum absolute atomic E-state index is 12.8. The van der Waals surface area contributed by atoms with E-state index in [1.807, 2.05) is 5.43 Å². The lowest BCUT2D eigenvalue weighted by molar-refractivity contribution is -0.139. The monoisotopic (exact) mass is 522 g/mol. The Morgan fingerprint density at radius 2 is 1.86 bits per heavy atom. The average molecular weight is 523 g/mol. The predicted octanol–water partition coefficient (Wildman–Crippen LogP) is 3.74. The Hall–Kier alpha value is -4.32. The van der Waals surface area contributed by atoms with Gasteiger partial charge in [0.2, 0.25) is 0 Å². The zero-order chi connectivity index (χ0) is 26.1. The van der Waals surface area contributed by atoms with Crippen LogP contribution in [0.3, 0.4) is 0 Å². The lowest BCUT2D eigenvalue weighted by atomic mass is 10.2. The van der Waals surface area contributed by atoms with Crippen molar-refractivity contribution in [2.45, 2.75) is 12.7 Å². The van der Waals surface area contributed by atoms with Gasteiger partial charge in [0.25, 0.3) is 5.91 Å². The largest absolute Gasteiger partial charge is 0.483 e. The van der Waals surface area contributed by atoms with Crippen LogP contribution in [0.2, 0.25) is 5.02 Å². The minimum atomic E-state index is -4.55. The van der Waals surface area contributed by atoms with Crippen molar-refractivity contribution in [3.05, 3.63) is 82.8 Å². The van der Waals surface area contributed by atoms with Crippen LogP contribution in [-0.4, -0.2) is 30.5 Å². The summed E-state index contributed by atoms with van der Waals surface area (Å²) in [5.74, 6) is -2.11. The van der Waals surface area contributed by atoms with E-state index < -0.39 is 36.1 Å². The molecule has 13 heteroatoms. The van der Waals surface area contributed by atoms with E-state index in [0.29, 0.717) is 10.8 Å². The highest BCUT2D eigenvalue weighted by molar-refractivity contribution is 6.35. The van der Waals surface area contributed by atoms with Gasteiger partial charge in [0, 0.05) is 16.3 Å². The molecule has 36 heavy (non-hydrogen) atoms. The molecule has 3 N–H and O–H groups in total. The molecule has 3 aromatic rings. The number of halogens is 4. The maximum Gasteiger partial charge on any atom is 0.416 e. The van der Waals surface area contributed by atoms with E-state index >= 15 is 0 Å². The first kappa shape index (κ1) is 26.3. The van der Waals surface area contributed by atoms with Gasteiger partial charge in [0.1, 0.15) is 11.5 Å². The summed E-state index contributed by atoms with van der Waals surface area (Å²) in [6, 6.07) is 11.7. The predicted molar refractivity (Wildman–Crippen MR) is 123 cm³/mol. The molecule has 1 heterocycles. The lowest BCUT2D eigenvalue weighted by Gasteiger charge is -2.11. The van der Waals surface area contributed by atoms with Crippen LogP contribution in [0.15, 0.2) is 70.4 Å². The van der Waals surface area contributed by atoms with E-state index in [4.69, 9.17) is 20.8 Å². The van der Waals surface area contributed by atoms with Crippen molar-refractivity contribution in [1.82, 2.24) is 10.7 Å². The van der Waals surface area contributed by atoms with Crippen molar-refractivity contribution in [2.24, 2.45) is 5.10 Å². The van der Waals surface area contributed by atoms with Gasteiger partial charge in [-0.05, 0) is 48.5 Å². The van der Waals surface area contributed by atoms with Gasteiger partial charge in [-0.3, -0.25) is 14.4 Å². The molecule has 1 aromatic heterocycles. The molecule has 0 aliphatic carbocycles. The van der Waals surface area contributed by atoms with Crippen molar-refractivity contribution in [3.8, 4) is 5.75 Å². The molecule has 3 amide bonds. The Balaban J connectivity index is 1.55. The van der Waals surface area contributed by atoms with Crippen molar-refractivity contribution >= 4 is 41.2 Å². The highest BCUT2D eigenvalue weighted by Crippen LogP contribution is 2.30. The summed E-state index contributed by atoms with van der Waals surface area (Å²) >= 11 is 5.97. The van der Waals surface area contributed by atoms with Gasteiger partial charge in [-0.25, -0.2) is 5.43 Å². The van der Waals surface area contributed by atoms with Gasteiger partial charge in [-0.15, -0.1) is 0 Å². The summed E-state index contributed by atoms with van der Waals surface area (Å²) in [5.41, 5.74) is 1.34. The number of rotatable bonds is 8. The van der Waals surface area contributed by atoms with Gasteiger partial charge in [0.15, 0.2) is 6.61 Å². The summed E-state index contributed by atoms with van der Waals surface area (Å²) in [5, 5.41) is 8.64. The molecule has 0 fully saturated rings. The second-order valence-electron chi connectivity index (χ2n) is 7.06. The van der Waals surface area contributed by atoms with E-state index in [9.17, 15) is 27.6 Å². The van der Waals surface area contributed by atoms with Crippen LogP contribution >= 0.6 is 11.6 Å². The number of hydrogen-bond acceptors (Lipinski definition) is 6. The first-order valence-corrected chi connectivity index (χ1v) is 10.5. The van der Waals surface area contributed by atoms with E-state index in [2.05, 4.69) is 15.7 Å². The number of furan rings is 1. The number of hydrazone groups is 1. The summed E-state index contributed by atoms with van der Waals surface area (Å²) in [7, 11) is 0. The van der Waals surface area contributed by atoms with Gasteiger partial charge in [-0.1, -0.05) is 17.7 Å². The molecule has 0 aliphatic rings. The maximum atomic E-state index is 12.8. The molecule has 0 unspecified atom stereocenters. The fourth-order valence-electron chi connectivity index (χ4n) is 2.74. The van der Waals surface area contributed by atoms with Crippen LogP contribution in [0.4, 0.5) is 18.9 Å². The molecule has 0 saturated heterocycles. The smallest absolute Gasteiger partial charge is 0.416 e. The number of ether oxygens (including phenoxy) is 1. The minimum absolute atomic E-state index is 0.0117. The third-order valence-corrected chi connectivity index (χ3v) is 4.62. The molecule has 188 valence electrons. The van der Waals surface area contributed by atoms with Crippen LogP contribution in [0.5, 0.6) is 5.75 Å². The number of nitrogens with zero attached hydrogens (tertiary/aromatic N) is 1. The Kier molecular flexibility index (Phi) is 8.68. The zero-order valence-corrected chi connectivity index (χ0v) is 19.0. The van der Waals surface area contributed by atoms with Crippen LogP contribution in [-0.2, 0) is 27.1 Å². The van der Waals surface area contributed by atoms with Crippen LogP contribution in [0, 0.1) is 0 Å². The number of amides is 3. The molecule has 0 atom stereocenters. The van der Waals surface area contributed by atoms with E-state index in [1.165, 1.54) is 36.6 Å². The highest BCUT2D eigenvalue weighted by atomic mass is 35.5. The fraction of sp³-hybridized carbons (Fsp3) is 0.130. The zero-order valence-electron chi connectivity index (χ0n) is 18.3. The van der Waals surface area contributed by atoms with Crippen LogP contribution < -0.4 is 20.8 Å². The second-order valence-corrected chi connectivity index (χ2v) is 7.50. The standard InChI is InChI=1S/C23H18ClF3N4O5/c24-16-6-7-19(36-13-20(32)30-17-4-1-3-15(10-17)23(25,26)27)14(9-16)11-29-31-22(34)21(33)28-12-18-5-2-8-35-18/h1-11H,12-13H2,(H,28,33)(H,30,32)(H,31,34)/b29-11-. The summed E-state index contributed by atoms with van der Waals surface area (Å²) < 4.78 is 49.0. The molecule has 2 aromatic carbocycles. The molecule has 0 aliphatic heterocycles. The third-order valence-electron chi connectivity index (χ3n) is 4.38. The molecule has 0 bridgehead atoms. The third kappa shape index (κ3) is 7.87. The van der Waals surface area contributed by atoms with Crippen molar-refractivity contribution in [1.29, 1.82) is 0 Å². The number of hydrogen-bond donors (Lipinski definition) is 3. The second kappa shape index (κ2) is 11.9. The highest BCUT2D eigenvalue weighted by Gasteiger charge is 2.30. The number of alkyl halides is 3. The molecule has 3 rings (SSSR count). The molecule has 0 spiro atoms. The molecular formula is C23H18ClF3N4O5. The SMILES string of the molecule is O=C(COc1ccc(Cl)cc1/C=N\NC(=O)C(=O)NCc1ccco1)Nc1cccc(C(F)(F)F)c1. The number of carbonyl (C=O) groups excluding carboxylic acids is 3. The van der Waals surface area contributed by atoms with Crippen molar-refractivity contribution < 1.29 is 36.7 Å². The quantitative estimate of drug-likeness (QED) is 0.236. The van der Waals surface area contributed by atoms with Crippen LogP contribution in [0.25, 0.3) is 0 Å². The number of carbonyl (C=O) groups is 3. The Labute approximate surface area is 207 Å². The summed E-state index contributed by atoms with van der Waals surface area (Å²) in [6.45, 7) is -0.530. The Morgan fingerprint density at radius 3 is 2.58 bits per heavy atom. The number of nitrogens with one attached hydrogen (secondary N) is 3.